The molecular weight excluding hydrogens is 176 g/mol. The molecule has 1 aliphatic heterocycles. The molecule has 1 aliphatic carbocycles. The maximum Gasteiger partial charge on any atom is 0.223 e. The Morgan fingerprint density at radius 1 is 1.57 bits per heavy atom. The highest BCUT2D eigenvalue weighted by Crippen LogP contribution is 2.34. The quantitative estimate of drug-likeness (QED) is 0.723. The summed E-state index contributed by atoms with van der Waals surface area (Å²) in [7, 11) is 1.98. The van der Waals surface area contributed by atoms with Crippen LogP contribution in [0.15, 0.2) is 0 Å². The zero-order valence-electron chi connectivity index (χ0n) is 9.12. The van der Waals surface area contributed by atoms with Gasteiger partial charge in [-0.2, -0.15) is 0 Å². The van der Waals surface area contributed by atoms with Crippen LogP contribution >= 0.6 is 0 Å². The molecular formula is C11H20N2O. The molecule has 0 aromatic heterocycles. The molecule has 0 aromatic rings. The largest absolute Gasteiger partial charge is 0.339 e. The number of carbonyl (C=O) groups excluding carboxylic acids is 1. The van der Waals surface area contributed by atoms with Crippen LogP contribution in [0.3, 0.4) is 0 Å². The summed E-state index contributed by atoms with van der Waals surface area (Å²) in [6, 6.07) is 0.606. The SMILES string of the molecule is CNCC(C)C1CC(=O)N(C2CC2)C1. The van der Waals surface area contributed by atoms with Gasteiger partial charge in [-0.3, -0.25) is 4.79 Å². The summed E-state index contributed by atoms with van der Waals surface area (Å²) in [5.74, 6) is 1.59. The highest BCUT2D eigenvalue weighted by Gasteiger charge is 2.40. The fourth-order valence-electron chi connectivity index (χ4n) is 2.37. The third kappa shape index (κ3) is 1.92. The Balaban J connectivity index is 1.88. The molecule has 1 saturated heterocycles. The summed E-state index contributed by atoms with van der Waals surface area (Å²) in [5.41, 5.74) is 0. The monoisotopic (exact) mass is 196 g/mol. The second-order valence-electron chi connectivity index (χ2n) is 4.78. The van der Waals surface area contributed by atoms with E-state index in [4.69, 9.17) is 0 Å². The van der Waals surface area contributed by atoms with Gasteiger partial charge < -0.3 is 10.2 Å². The molecule has 2 atom stereocenters. The number of amides is 1. The van der Waals surface area contributed by atoms with E-state index in [1.165, 1.54) is 12.8 Å². The minimum Gasteiger partial charge on any atom is -0.339 e. The molecule has 2 fully saturated rings. The van der Waals surface area contributed by atoms with Crippen LogP contribution in [0.1, 0.15) is 26.2 Å². The van der Waals surface area contributed by atoms with Crippen molar-refractivity contribution in [3.05, 3.63) is 0 Å². The smallest absolute Gasteiger partial charge is 0.223 e. The number of hydrogen-bond acceptors (Lipinski definition) is 2. The van der Waals surface area contributed by atoms with Gasteiger partial charge in [0.1, 0.15) is 0 Å². The van der Waals surface area contributed by atoms with Gasteiger partial charge in [-0.05, 0) is 38.3 Å². The number of carbonyl (C=O) groups is 1. The van der Waals surface area contributed by atoms with Crippen LogP contribution in [-0.2, 0) is 4.79 Å². The highest BCUT2D eigenvalue weighted by atomic mass is 16.2. The summed E-state index contributed by atoms with van der Waals surface area (Å²) in [4.78, 5) is 13.8. The van der Waals surface area contributed by atoms with Crippen molar-refractivity contribution in [1.29, 1.82) is 0 Å². The van der Waals surface area contributed by atoms with Crippen molar-refractivity contribution in [1.82, 2.24) is 10.2 Å². The Labute approximate surface area is 85.8 Å². The van der Waals surface area contributed by atoms with Crippen LogP contribution < -0.4 is 5.32 Å². The second-order valence-corrected chi connectivity index (χ2v) is 4.78. The molecule has 1 heterocycles. The van der Waals surface area contributed by atoms with E-state index in [1.54, 1.807) is 0 Å². The van der Waals surface area contributed by atoms with Crippen LogP contribution in [0, 0.1) is 11.8 Å². The van der Waals surface area contributed by atoms with Gasteiger partial charge in [-0.15, -0.1) is 0 Å². The van der Waals surface area contributed by atoms with Crippen LogP contribution in [-0.4, -0.2) is 37.0 Å². The molecule has 0 bridgehead atoms. The Hall–Kier alpha value is -0.570. The first kappa shape index (κ1) is 9.97. The van der Waals surface area contributed by atoms with E-state index in [0.717, 1.165) is 19.5 Å². The van der Waals surface area contributed by atoms with Gasteiger partial charge in [0.25, 0.3) is 0 Å². The molecule has 14 heavy (non-hydrogen) atoms. The average Bonchev–Trinajstić information content (AvgIpc) is 2.91. The number of likely N-dealkylation sites (tertiary alicyclic amines) is 1. The zero-order valence-corrected chi connectivity index (χ0v) is 9.12. The third-order valence-corrected chi connectivity index (χ3v) is 3.51. The van der Waals surface area contributed by atoms with E-state index < -0.39 is 0 Å². The van der Waals surface area contributed by atoms with Crippen molar-refractivity contribution in [2.24, 2.45) is 11.8 Å². The van der Waals surface area contributed by atoms with Crippen molar-refractivity contribution in [2.75, 3.05) is 20.1 Å². The summed E-state index contributed by atoms with van der Waals surface area (Å²) >= 11 is 0. The maximum atomic E-state index is 11.7. The van der Waals surface area contributed by atoms with Crippen molar-refractivity contribution in [2.45, 2.75) is 32.2 Å². The number of nitrogens with one attached hydrogen (secondary N) is 1. The van der Waals surface area contributed by atoms with E-state index in [0.29, 0.717) is 23.8 Å². The lowest BCUT2D eigenvalue weighted by Crippen LogP contribution is -2.29. The Bertz CT molecular complexity index is 225. The van der Waals surface area contributed by atoms with E-state index >= 15 is 0 Å². The molecule has 3 heteroatoms. The molecule has 1 amide bonds. The van der Waals surface area contributed by atoms with Crippen molar-refractivity contribution in [3.63, 3.8) is 0 Å². The molecule has 1 saturated carbocycles. The molecule has 0 radical (unpaired) electrons. The van der Waals surface area contributed by atoms with Crippen LogP contribution in [0.5, 0.6) is 0 Å². The predicted molar refractivity (Wildman–Crippen MR) is 55.9 cm³/mol. The lowest BCUT2D eigenvalue weighted by molar-refractivity contribution is -0.128. The van der Waals surface area contributed by atoms with Gasteiger partial charge in [0, 0.05) is 19.0 Å². The average molecular weight is 196 g/mol. The van der Waals surface area contributed by atoms with Crippen LogP contribution in [0.25, 0.3) is 0 Å². The Kier molecular flexibility index (Phi) is 2.77. The Morgan fingerprint density at radius 2 is 2.29 bits per heavy atom. The molecule has 0 spiro atoms. The highest BCUT2D eigenvalue weighted by molar-refractivity contribution is 5.79. The summed E-state index contributed by atoms with van der Waals surface area (Å²) in [6.45, 7) is 4.27. The maximum absolute atomic E-state index is 11.7. The molecule has 2 rings (SSSR count). The first-order valence-electron chi connectivity index (χ1n) is 5.66. The fourth-order valence-corrected chi connectivity index (χ4v) is 2.37. The number of nitrogens with zero attached hydrogens (tertiary/aromatic N) is 1. The first-order chi connectivity index (χ1) is 6.72. The predicted octanol–water partition coefficient (Wildman–Crippen LogP) is 0.853. The normalized spacial score (nSPS) is 29.7. The molecule has 2 aliphatic rings. The topological polar surface area (TPSA) is 32.3 Å². The fraction of sp³-hybridized carbons (Fsp3) is 0.909. The first-order valence-corrected chi connectivity index (χ1v) is 5.66. The second kappa shape index (κ2) is 3.89. The number of hydrogen-bond donors (Lipinski definition) is 1. The lowest BCUT2D eigenvalue weighted by atomic mass is 9.93. The van der Waals surface area contributed by atoms with E-state index in [9.17, 15) is 4.79 Å². The van der Waals surface area contributed by atoms with E-state index in [2.05, 4.69) is 17.1 Å². The third-order valence-electron chi connectivity index (χ3n) is 3.51. The van der Waals surface area contributed by atoms with E-state index in [-0.39, 0.29) is 0 Å². The number of rotatable bonds is 4. The minimum absolute atomic E-state index is 0.389. The Morgan fingerprint density at radius 3 is 2.86 bits per heavy atom. The molecule has 0 aromatic carbocycles. The van der Waals surface area contributed by atoms with Gasteiger partial charge >= 0.3 is 0 Å². The van der Waals surface area contributed by atoms with Crippen LogP contribution in [0.4, 0.5) is 0 Å². The van der Waals surface area contributed by atoms with Crippen LogP contribution in [0.2, 0.25) is 0 Å². The summed E-state index contributed by atoms with van der Waals surface area (Å²) in [5, 5.41) is 3.19. The van der Waals surface area contributed by atoms with Gasteiger partial charge in [0.15, 0.2) is 0 Å². The van der Waals surface area contributed by atoms with Gasteiger partial charge in [-0.1, -0.05) is 6.92 Å². The van der Waals surface area contributed by atoms with Gasteiger partial charge in [0.05, 0.1) is 0 Å². The summed E-state index contributed by atoms with van der Waals surface area (Å²) in [6.07, 6.45) is 3.25. The van der Waals surface area contributed by atoms with Gasteiger partial charge in [-0.25, -0.2) is 0 Å². The lowest BCUT2D eigenvalue weighted by Gasteiger charge is -2.19. The zero-order chi connectivity index (χ0) is 10.1. The minimum atomic E-state index is 0.389. The van der Waals surface area contributed by atoms with Crippen molar-refractivity contribution in [3.8, 4) is 0 Å². The van der Waals surface area contributed by atoms with E-state index in [1.807, 2.05) is 7.05 Å². The van der Waals surface area contributed by atoms with Crippen molar-refractivity contribution >= 4 is 5.91 Å². The molecule has 3 nitrogen and oxygen atoms in total. The summed E-state index contributed by atoms with van der Waals surface area (Å²) < 4.78 is 0. The van der Waals surface area contributed by atoms with Gasteiger partial charge in [0.2, 0.25) is 5.91 Å². The standard InChI is InChI=1S/C11H20N2O/c1-8(6-12-2)9-5-11(14)13(7-9)10-3-4-10/h8-10,12H,3-7H2,1-2H3. The molecule has 2 unspecified atom stereocenters. The van der Waals surface area contributed by atoms with Crippen molar-refractivity contribution < 1.29 is 4.79 Å². The molecule has 80 valence electrons. The molecule has 1 N–H and O–H groups in total.